The Hall–Kier alpha value is -4.11. The van der Waals surface area contributed by atoms with Crippen molar-refractivity contribution in [2.45, 2.75) is 33.6 Å². The lowest BCUT2D eigenvalue weighted by Gasteiger charge is -2.30. The van der Waals surface area contributed by atoms with E-state index in [2.05, 4.69) is 15.6 Å². The van der Waals surface area contributed by atoms with Crippen molar-refractivity contribution in [3.63, 3.8) is 0 Å². The molecular weight excluding hydrogens is 490 g/mol. The van der Waals surface area contributed by atoms with E-state index in [-0.39, 0.29) is 19.0 Å². The molecule has 0 unspecified atom stereocenters. The van der Waals surface area contributed by atoms with Crippen LogP contribution >= 0.6 is 11.3 Å². The van der Waals surface area contributed by atoms with Gasteiger partial charge in [0.2, 0.25) is 0 Å². The molecule has 1 aliphatic heterocycles. The standard InChI is InChI=1S/C28H29N3O5S/c1-5-35-26(33)23-16(3)29-17(4)24(27(34)36-6-2)25(23)19-10-7-11-20(13-19)30-28-31-22(15-37-28)18-9-8-12-21(32)14-18/h7-15,25,29,32H,5-6H2,1-4H3,(H,30,31). The second kappa shape index (κ2) is 11.3. The Balaban J connectivity index is 1.70. The van der Waals surface area contributed by atoms with Crippen molar-refractivity contribution in [3.8, 4) is 17.0 Å². The third kappa shape index (κ3) is 5.67. The van der Waals surface area contributed by atoms with Gasteiger partial charge >= 0.3 is 11.9 Å². The number of anilines is 2. The Bertz CT molecular complexity index is 1350. The van der Waals surface area contributed by atoms with Crippen LogP contribution in [0.4, 0.5) is 10.8 Å². The van der Waals surface area contributed by atoms with E-state index in [4.69, 9.17) is 9.47 Å². The molecule has 1 aliphatic rings. The first-order valence-electron chi connectivity index (χ1n) is 12.0. The molecular formula is C28H29N3O5S. The monoisotopic (exact) mass is 519 g/mol. The molecule has 0 amide bonds. The predicted molar refractivity (Wildman–Crippen MR) is 143 cm³/mol. The van der Waals surface area contributed by atoms with Crippen molar-refractivity contribution < 1.29 is 24.2 Å². The topological polar surface area (TPSA) is 110 Å². The Morgan fingerprint density at radius 1 is 1.00 bits per heavy atom. The molecule has 3 N–H and O–H groups in total. The quantitative estimate of drug-likeness (QED) is 0.329. The van der Waals surface area contributed by atoms with Gasteiger partial charge in [-0.25, -0.2) is 14.6 Å². The number of esters is 2. The molecule has 0 spiro atoms. The number of hydrogen-bond donors (Lipinski definition) is 3. The Kier molecular flexibility index (Phi) is 7.93. The third-order valence-electron chi connectivity index (χ3n) is 5.87. The number of phenolic OH excluding ortho intramolecular Hbond substituents is 1. The molecule has 37 heavy (non-hydrogen) atoms. The number of rotatable bonds is 8. The number of hydrogen-bond acceptors (Lipinski definition) is 9. The maximum Gasteiger partial charge on any atom is 0.336 e. The van der Waals surface area contributed by atoms with E-state index in [1.807, 2.05) is 35.7 Å². The highest BCUT2D eigenvalue weighted by Gasteiger charge is 2.38. The molecule has 0 atom stereocenters. The van der Waals surface area contributed by atoms with E-state index in [1.165, 1.54) is 11.3 Å². The summed E-state index contributed by atoms with van der Waals surface area (Å²) < 4.78 is 10.7. The number of carbonyl (C=O) groups excluding carboxylic acids is 2. The van der Waals surface area contributed by atoms with Gasteiger partial charge in [-0.3, -0.25) is 0 Å². The van der Waals surface area contributed by atoms with Crippen LogP contribution in [-0.4, -0.2) is 35.2 Å². The fraction of sp³-hybridized carbons (Fsp3) is 0.250. The van der Waals surface area contributed by atoms with E-state index in [1.54, 1.807) is 45.9 Å². The van der Waals surface area contributed by atoms with Gasteiger partial charge in [0.15, 0.2) is 5.13 Å². The van der Waals surface area contributed by atoms with Crippen LogP contribution in [0.3, 0.4) is 0 Å². The number of nitrogens with zero attached hydrogens (tertiary/aromatic N) is 1. The van der Waals surface area contributed by atoms with Crippen molar-refractivity contribution in [1.29, 1.82) is 0 Å². The fourth-order valence-electron chi connectivity index (χ4n) is 4.33. The minimum atomic E-state index is -0.666. The summed E-state index contributed by atoms with van der Waals surface area (Å²) in [6.07, 6.45) is 0. The molecule has 4 rings (SSSR count). The zero-order valence-corrected chi connectivity index (χ0v) is 21.9. The number of thiazole rings is 1. The predicted octanol–water partition coefficient (Wildman–Crippen LogP) is 5.62. The normalized spacial score (nSPS) is 13.8. The van der Waals surface area contributed by atoms with Gasteiger partial charge in [0.25, 0.3) is 0 Å². The molecule has 0 radical (unpaired) electrons. The van der Waals surface area contributed by atoms with Gasteiger partial charge in [0, 0.05) is 28.0 Å². The molecule has 0 fully saturated rings. The maximum absolute atomic E-state index is 13.0. The highest BCUT2D eigenvalue weighted by Crippen LogP contribution is 2.40. The number of phenols is 1. The molecule has 2 heterocycles. The van der Waals surface area contributed by atoms with E-state index in [0.717, 1.165) is 22.5 Å². The first-order valence-corrected chi connectivity index (χ1v) is 12.8. The first kappa shape index (κ1) is 26.0. The smallest absolute Gasteiger partial charge is 0.336 e. The highest BCUT2D eigenvalue weighted by molar-refractivity contribution is 7.14. The summed E-state index contributed by atoms with van der Waals surface area (Å²) in [6.45, 7) is 7.52. The average molecular weight is 520 g/mol. The van der Waals surface area contributed by atoms with Crippen LogP contribution in [-0.2, 0) is 19.1 Å². The van der Waals surface area contributed by atoms with Gasteiger partial charge in [-0.15, -0.1) is 11.3 Å². The van der Waals surface area contributed by atoms with Gasteiger partial charge in [0.05, 0.1) is 36.0 Å². The highest BCUT2D eigenvalue weighted by atomic mass is 32.1. The van der Waals surface area contributed by atoms with Crippen LogP contribution in [0.15, 0.2) is 76.5 Å². The second-order valence-corrected chi connectivity index (χ2v) is 9.27. The summed E-state index contributed by atoms with van der Waals surface area (Å²) in [6, 6.07) is 14.4. The second-order valence-electron chi connectivity index (χ2n) is 8.41. The Labute approximate surface area is 219 Å². The third-order valence-corrected chi connectivity index (χ3v) is 6.63. The zero-order chi connectivity index (χ0) is 26.5. The van der Waals surface area contributed by atoms with Gasteiger partial charge < -0.3 is 25.2 Å². The molecule has 0 saturated heterocycles. The minimum Gasteiger partial charge on any atom is -0.508 e. The summed E-state index contributed by atoms with van der Waals surface area (Å²) in [4.78, 5) is 30.7. The lowest BCUT2D eigenvalue weighted by molar-refractivity contribution is -0.139. The van der Waals surface area contributed by atoms with Crippen molar-refractivity contribution >= 4 is 34.1 Å². The summed E-state index contributed by atoms with van der Waals surface area (Å²) in [5, 5.41) is 18.8. The van der Waals surface area contributed by atoms with Crippen LogP contribution in [0.2, 0.25) is 0 Å². The number of aromatic nitrogens is 1. The van der Waals surface area contributed by atoms with E-state index in [9.17, 15) is 14.7 Å². The van der Waals surface area contributed by atoms with Gasteiger partial charge in [0.1, 0.15) is 5.75 Å². The lowest BCUT2D eigenvalue weighted by atomic mass is 9.80. The lowest BCUT2D eigenvalue weighted by Crippen LogP contribution is -2.32. The molecule has 9 heteroatoms. The molecule has 192 valence electrons. The number of carbonyl (C=O) groups is 2. The van der Waals surface area contributed by atoms with Crippen LogP contribution < -0.4 is 10.6 Å². The Morgan fingerprint density at radius 3 is 2.27 bits per heavy atom. The summed E-state index contributed by atoms with van der Waals surface area (Å²) in [5.41, 5.74) is 5.03. The fourth-order valence-corrected chi connectivity index (χ4v) is 5.07. The Morgan fingerprint density at radius 2 is 1.65 bits per heavy atom. The van der Waals surface area contributed by atoms with E-state index >= 15 is 0 Å². The number of dihydropyridines is 1. The number of aromatic hydroxyl groups is 1. The summed E-state index contributed by atoms with van der Waals surface area (Å²) >= 11 is 1.43. The van der Waals surface area contributed by atoms with Crippen LogP contribution in [0.5, 0.6) is 5.75 Å². The molecule has 2 aromatic carbocycles. The number of nitrogens with one attached hydrogen (secondary N) is 2. The number of benzene rings is 2. The molecule has 1 aromatic heterocycles. The first-order chi connectivity index (χ1) is 17.8. The molecule has 0 bridgehead atoms. The maximum atomic E-state index is 13.0. The minimum absolute atomic E-state index is 0.177. The van der Waals surface area contributed by atoms with Crippen LogP contribution in [0, 0.1) is 0 Å². The number of ether oxygens (including phenoxy) is 2. The molecule has 8 nitrogen and oxygen atoms in total. The zero-order valence-electron chi connectivity index (χ0n) is 21.1. The van der Waals surface area contributed by atoms with Crippen molar-refractivity contribution in [2.24, 2.45) is 0 Å². The van der Waals surface area contributed by atoms with E-state index in [0.29, 0.717) is 27.7 Å². The molecule has 0 aliphatic carbocycles. The van der Waals surface area contributed by atoms with E-state index < -0.39 is 17.9 Å². The average Bonchev–Trinajstić information content (AvgIpc) is 3.32. The van der Waals surface area contributed by atoms with Crippen molar-refractivity contribution in [2.75, 3.05) is 18.5 Å². The van der Waals surface area contributed by atoms with Gasteiger partial charge in [-0.05, 0) is 57.5 Å². The largest absolute Gasteiger partial charge is 0.508 e. The number of allylic oxidation sites excluding steroid dienone is 2. The summed E-state index contributed by atoms with van der Waals surface area (Å²) in [7, 11) is 0. The van der Waals surface area contributed by atoms with Crippen LogP contribution in [0.1, 0.15) is 39.2 Å². The van der Waals surface area contributed by atoms with Crippen LogP contribution in [0.25, 0.3) is 11.3 Å². The molecule has 3 aromatic rings. The SMILES string of the molecule is CCOC(=O)C1=C(C)NC(C)=C(C(=O)OCC)C1c1cccc(Nc2nc(-c3cccc(O)c3)cs2)c1. The van der Waals surface area contributed by atoms with Crippen molar-refractivity contribution in [3.05, 3.63) is 82.0 Å². The molecule has 0 saturated carbocycles. The van der Waals surface area contributed by atoms with Gasteiger partial charge in [-0.1, -0.05) is 24.3 Å². The van der Waals surface area contributed by atoms with Gasteiger partial charge in [-0.2, -0.15) is 0 Å². The summed E-state index contributed by atoms with van der Waals surface area (Å²) in [5.74, 6) is -1.46. The van der Waals surface area contributed by atoms with Crippen molar-refractivity contribution in [1.82, 2.24) is 10.3 Å².